The highest BCUT2D eigenvalue weighted by molar-refractivity contribution is 6.01. The summed E-state index contributed by atoms with van der Waals surface area (Å²) in [4.78, 5) is 17.5. The van der Waals surface area contributed by atoms with Gasteiger partial charge in [-0.3, -0.25) is 0 Å². The average molecular weight is 390 g/mol. The molecule has 28 heavy (non-hydrogen) atoms. The van der Waals surface area contributed by atoms with Crippen LogP contribution in [0.3, 0.4) is 0 Å². The van der Waals surface area contributed by atoms with Crippen LogP contribution < -0.4 is 10.6 Å². The van der Waals surface area contributed by atoms with E-state index in [1.807, 2.05) is 38.5 Å². The topological polar surface area (TPSA) is 60.2 Å². The Labute approximate surface area is 160 Å². The summed E-state index contributed by atoms with van der Waals surface area (Å²) >= 11 is 0. The highest BCUT2D eigenvalue weighted by Crippen LogP contribution is 2.30. The molecule has 0 fully saturated rings. The average Bonchev–Trinajstić information content (AvgIpc) is 3.07. The van der Waals surface area contributed by atoms with Gasteiger partial charge in [0.1, 0.15) is 0 Å². The Morgan fingerprint density at radius 2 is 1.71 bits per heavy atom. The third kappa shape index (κ3) is 4.83. The Balaban J connectivity index is 1.72. The van der Waals surface area contributed by atoms with Crippen molar-refractivity contribution in [3.63, 3.8) is 0 Å². The van der Waals surface area contributed by atoms with Crippen molar-refractivity contribution < 1.29 is 18.0 Å². The molecule has 148 valence electrons. The molecule has 8 heteroatoms. The molecule has 0 bridgehead atoms. The zero-order valence-electron chi connectivity index (χ0n) is 15.5. The van der Waals surface area contributed by atoms with Crippen molar-refractivity contribution in [2.24, 2.45) is 0 Å². The maximum Gasteiger partial charge on any atom is 0.416 e. The first kappa shape index (κ1) is 19.8. The van der Waals surface area contributed by atoms with E-state index in [9.17, 15) is 18.0 Å². The minimum atomic E-state index is -4.41. The van der Waals surface area contributed by atoms with E-state index in [0.717, 1.165) is 41.6 Å². The smallest absolute Gasteiger partial charge is 0.361 e. The summed E-state index contributed by atoms with van der Waals surface area (Å²) in [5, 5.41) is 6.38. The molecule has 0 aliphatic heterocycles. The van der Waals surface area contributed by atoms with Crippen LogP contribution in [0, 0.1) is 0 Å². The predicted molar refractivity (Wildman–Crippen MR) is 105 cm³/mol. The molecule has 0 aliphatic rings. The number of aromatic nitrogens is 1. The Morgan fingerprint density at radius 3 is 2.36 bits per heavy atom. The number of hydrogen-bond donors (Lipinski definition) is 3. The summed E-state index contributed by atoms with van der Waals surface area (Å²) in [5.41, 5.74) is 2.12. The largest absolute Gasteiger partial charge is 0.416 e. The van der Waals surface area contributed by atoms with Crippen molar-refractivity contribution in [3.05, 3.63) is 59.8 Å². The Morgan fingerprint density at radius 1 is 1.04 bits per heavy atom. The van der Waals surface area contributed by atoms with E-state index in [0.29, 0.717) is 5.69 Å². The van der Waals surface area contributed by atoms with Crippen molar-refractivity contribution in [3.8, 4) is 0 Å². The lowest BCUT2D eigenvalue weighted by atomic mass is 10.1. The highest BCUT2D eigenvalue weighted by atomic mass is 19.4. The summed E-state index contributed by atoms with van der Waals surface area (Å²) in [7, 11) is 3.99. The molecular weight excluding hydrogens is 369 g/mol. The van der Waals surface area contributed by atoms with Gasteiger partial charge in [0, 0.05) is 35.0 Å². The van der Waals surface area contributed by atoms with E-state index in [1.54, 1.807) is 0 Å². The Hall–Kier alpha value is -3.00. The van der Waals surface area contributed by atoms with Crippen molar-refractivity contribution in [1.82, 2.24) is 9.88 Å². The normalized spacial score (nSPS) is 11.8. The van der Waals surface area contributed by atoms with Gasteiger partial charge in [-0.25, -0.2) is 4.79 Å². The molecule has 1 heterocycles. The van der Waals surface area contributed by atoms with Crippen molar-refractivity contribution in [2.45, 2.75) is 12.6 Å². The minimum absolute atomic E-state index is 0.277. The third-order valence-corrected chi connectivity index (χ3v) is 4.31. The molecule has 0 spiro atoms. The number of likely N-dealkylation sites (N-methyl/N-ethyl adjacent to an activating group) is 1. The number of alkyl halides is 3. The van der Waals surface area contributed by atoms with Crippen LogP contribution >= 0.6 is 0 Å². The van der Waals surface area contributed by atoms with Gasteiger partial charge in [0.15, 0.2) is 0 Å². The highest BCUT2D eigenvalue weighted by Gasteiger charge is 2.29. The van der Waals surface area contributed by atoms with Gasteiger partial charge in [0.05, 0.1) is 5.56 Å². The number of benzene rings is 2. The van der Waals surface area contributed by atoms with Crippen LogP contribution in [-0.4, -0.2) is 36.6 Å². The number of aromatic amines is 1. The molecule has 0 saturated heterocycles. The molecule has 0 radical (unpaired) electrons. The molecule has 3 N–H and O–H groups in total. The van der Waals surface area contributed by atoms with E-state index in [-0.39, 0.29) is 5.69 Å². The third-order valence-electron chi connectivity index (χ3n) is 4.31. The molecule has 0 aliphatic carbocycles. The van der Waals surface area contributed by atoms with Crippen molar-refractivity contribution >= 4 is 28.3 Å². The number of H-pyrrole nitrogens is 1. The van der Waals surface area contributed by atoms with Gasteiger partial charge in [-0.05, 0) is 68.5 Å². The summed E-state index contributed by atoms with van der Waals surface area (Å²) in [5.74, 6) is 0. The maximum atomic E-state index is 12.6. The molecule has 0 unspecified atom stereocenters. The van der Waals surface area contributed by atoms with E-state index in [1.165, 1.54) is 12.1 Å². The van der Waals surface area contributed by atoms with Gasteiger partial charge >= 0.3 is 12.2 Å². The fourth-order valence-corrected chi connectivity index (χ4v) is 2.90. The van der Waals surface area contributed by atoms with Gasteiger partial charge in [-0.1, -0.05) is 0 Å². The van der Waals surface area contributed by atoms with Crippen LogP contribution in [0.4, 0.5) is 29.3 Å². The molecule has 0 atom stereocenters. The molecule has 0 saturated carbocycles. The lowest BCUT2D eigenvalue weighted by Gasteiger charge is -2.13. The van der Waals surface area contributed by atoms with Crippen LogP contribution in [0.1, 0.15) is 11.1 Å². The van der Waals surface area contributed by atoms with Crippen LogP contribution in [0.25, 0.3) is 10.9 Å². The maximum absolute atomic E-state index is 12.6. The molecular formula is C20H21F3N4O. The van der Waals surface area contributed by atoms with Gasteiger partial charge in [0.2, 0.25) is 0 Å². The number of nitrogens with zero attached hydrogens (tertiary/aromatic N) is 1. The first-order chi connectivity index (χ1) is 13.2. The SMILES string of the molecule is CN(C)CCc1cc(NC(=O)Nc2ccc(C(F)(F)F)cc2)cc2[nH]ccc12. The number of nitrogens with one attached hydrogen (secondary N) is 3. The Bertz CT molecular complexity index is 962. The van der Waals surface area contributed by atoms with Crippen LogP contribution in [0.5, 0.6) is 0 Å². The fourth-order valence-electron chi connectivity index (χ4n) is 2.90. The van der Waals surface area contributed by atoms with E-state index >= 15 is 0 Å². The molecule has 5 nitrogen and oxygen atoms in total. The number of carbonyl (C=O) groups is 1. The second-order valence-corrected chi connectivity index (χ2v) is 6.78. The molecule has 2 amide bonds. The minimum Gasteiger partial charge on any atom is -0.361 e. The zero-order chi connectivity index (χ0) is 20.3. The number of carbonyl (C=O) groups excluding carboxylic acids is 1. The number of rotatable bonds is 5. The molecule has 3 aromatic rings. The second kappa shape index (κ2) is 7.93. The lowest BCUT2D eigenvalue weighted by molar-refractivity contribution is -0.137. The number of amides is 2. The number of urea groups is 1. The van der Waals surface area contributed by atoms with E-state index in [4.69, 9.17) is 0 Å². The van der Waals surface area contributed by atoms with Crippen LogP contribution in [0.2, 0.25) is 0 Å². The Kier molecular flexibility index (Phi) is 5.60. The summed E-state index contributed by atoms with van der Waals surface area (Å²) in [6, 6.07) is 9.50. The van der Waals surface area contributed by atoms with Gasteiger partial charge < -0.3 is 20.5 Å². The number of anilines is 2. The number of fused-ring (bicyclic) bond motifs is 1. The fraction of sp³-hybridized carbons (Fsp3) is 0.250. The quantitative estimate of drug-likeness (QED) is 0.578. The molecule has 1 aromatic heterocycles. The first-order valence-corrected chi connectivity index (χ1v) is 8.72. The van der Waals surface area contributed by atoms with Crippen molar-refractivity contribution in [2.75, 3.05) is 31.3 Å². The second-order valence-electron chi connectivity index (χ2n) is 6.78. The van der Waals surface area contributed by atoms with Crippen LogP contribution in [0.15, 0.2) is 48.7 Å². The van der Waals surface area contributed by atoms with Gasteiger partial charge in [0.25, 0.3) is 0 Å². The van der Waals surface area contributed by atoms with Gasteiger partial charge in [-0.2, -0.15) is 13.2 Å². The van der Waals surface area contributed by atoms with Gasteiger partial charge in [-0.15, -0.1) is 0 Å². The lowest BCUT2D eigenvalue weighted by Crippen LogP contribution is -2.20. The summed E-state index contributed by atoms with van der Waals surface area (Å²) in [6.45, 7) is 0.863. The monoisotopic (exact) mass is 390 g/mol. The number of hydrogen-bond acceptors (Lipinski definition) is 2. The molecule has 3 rings (SSSR count). The van der Waals surface area contributed by atoms with E-state index < -0.39 is 17.8 Å². The predicted octanol–water partition coefficient (Wildman–Crippen LogP) is 4.93. The number of halogens is 3. The van der Waals surface area contributed by atoms with Crippen LogP contribution in [-0.2, 0) is 12.6 Å². The molecule has 2 aromatic carbocycles. The van der Waals surface area contributed by atoms with Crippen molar-refractivity contribution in [1.29, 1.82) is 0 Å². The standard InChI is InChI=1S/C20H21F3N4O/c1-27(2)10-8-13-11-16(12-18-17(13)7-9-24-18)26-19(28)25-15-5-3-14(4-6-15)20(21,22)23/h3-7,9,11-12,24H,8,10H2,1-2H3,(H2,25,26,28). The van der Waals surface area contributed by atoms with E-state index in [2.05, 4.69) is 20.5 Å². The summed E-state index contributed by atoms with van der Waals surface area (Å²) in [6.07, 6.45) is -1.75. The zero-order valence-corrected chi connectivity index (χ0v) is 15.5. The first-order valence-electron chi connectivity index (χ1n) is 8.72. The summed E-state index contributed by atoms with van der Waals surface area (Å²) < 4.78 is 37.8.